The van der Waals surface area contributed by atoms with Crippen LogP contribution in [0.4, 0.5) is 15.2 Å². The summed E-state index contributed by atoms with van der Waals surface area (Å²) in [6.45, 7) is 0. The molecular weight excluding hydrogens is 361 g/mol. The van der Waals surface area contributed by atoms with E-state index in [1.165, 1.54) is 36.3 Å². The van der Waals surface area contributed by atoms with Crippen LogP contribution >= 0.6 is 23.1 Å². The number of benzene rings is 2. The quantitative estimate of drug-likeness (QED) is 0.505. The first kappa shape index (κ1) is 17.4. The molecule has 128 valence electrons. The molecule has 0 unspecified atom stereocenters. The van der Waals surface area contributed by atoms with Gasteiger partial charge in [0.05, 0.1) is 18.4 Å². The maximum absolute atomic E-state index is 13.6. The van der Waals surface area contributed by atoms with Gasteiger partial charge in [-0.05, 0) is 29.8 Å². The van der Waals surface area contributed by atoms with Crippen LogP contribution in [0.25, 0.3) is 0 Å². The lowest BCUT2D eigenvalue weighted by molar-refractivity contribution is 0.0600. The number of carbonyl (C=O) groups is 1. The van der Waals surface area contributed by atoms with Crippen molar-refractivity contribution in [3.63, 3.8) is 0 Å². The number of anilines is 2. The predicted octanol–water partition coefficient (Wildman–Crippen LogP) is 4.50. The van der Waals surface area contributed by atoms with Gasteiger partial charge in [0, 0.05) is 5.75 Å². The van der Waals surface area contributed by atoms with Crippen molar-refractivity contribution in [1.82, 2.24) is 10.2 Å². The molecule has 1 N–H and O–H groups in total. The molecule has 5 nitrogen and oxygen atoms in total. The maximum atomic E-state index is 13.6. The molecule has 0 amide bonds. The number of esters is 1. The second kappa shape index (κ2) is 8.09. The number of para-hydroxylation sites is 1. The number of halogens is 1. The number of hydrogen-bond donors (Lipinski definition) is 1. The molecule has 3 rings (SSSR count). The number of carbonyl (C=O) groups excluding carboxylic acids is 1. The van der Waals surface area contributed by atoms with Gasteiger partial charge in [-0.25, -0.2) is 9.18 Å². The fraction of sp³-hybridized carbons (Fsp3) is 0.118. The normalized spacial score (nSPS) is 10.5. The Bertz CT molecular complexity index is 868. The van der Waals surface area contributed by atoms with Crippen LogP contribution in [0.15, 0.2) is 52.9 Å². The fourth-order valence-electron chi connectivity index (χ4n) is 2.00. The molecule has 0 spiro atoms. The lowest BCUT2D eigenvalue weighted by Crippen LogP contribution is -2.00. The summed E-state index contributed by atoms with van der Waals surface area (Å²) >= 11 is 2.88. The molecule has 2 aromatic carbocycles. The topological polar surface area (TPSA) is 64.1 Å². The Morgan fingerprint density at radius 1 is 1.20 bits per heavy atom. The van der Waals surface area contributed by atoms with E-state index >= 15 is 0 Å². The molecule has 0 saturated carbocycles. The van der Waals surface area contributed by atoms with Crippen LogP contribution in [-0.2, 0) is 10.5 Å². The number of rotatable bonds is 6. The van der Waals surface area contributed by atoms with Crippen molar-refractivity contribution in [3.05, 3.63) is 65.5 Å². The second-order valence-electron chi connectivity index (χ2n) is 4.96. The molecular formula is C17H14FN3O2S2. The summed E-state index contributed by atoms with van der Waals surface area (Å²) in [5.74, 6) is 0.000249. The Morgan fingerprint density at radius 3 is 2.68 bits per heavy atom. The van der Waals surface area contributed by atoms with Gasteiger partial charge >= 0.3 is 5.97 Å². The molecule has 1 aromatic heterocycles. The van der Waals surface area contributed by atoms with Crippen LogP contribution in [0.1, 0.15) is 15.9 Å². The van der Waals surface area contributed by atoms with Gasteiger partial charge in [0.2, 0.25) is 5.13 Å². The number of thioether (sulfide) groups is 1. The van der Waals surface area contributed by atoms with Gasteiger partial charge in [-0.2, -0.15) is 0 Å². The molecule has 25 heavy (non-hydrogen) atoms. The van der Waals surface area contributed by atoms with Crippen molar-refractivity contribution < 1.29 is 13.9 Å². The molecule has 0 aliphatic carbocycles. The minimum atomic E-state index is -0.354. The lowest BCUT2D eigenvalue weighted by atomic mass is 10.1. The van der Waals surface area contributed by atoms with E-state index in [0.29, 0.717) is 22.1 Å². The highest BCUT2D eigenvalue weighted by Gasteiger charge is 2.09. The average Bonchev–Trinajstić information content (AvgIpc) is 3.09. The summed E-state index contributed by atoms with van der Waals surface area (Å²) in [6, 6.07) is 13.6. The molecule has 1 heterocycles. The maximum Gasteiger partial charge on any atom is 0.337 e. The van der Waals surface area contributed by atoms with Gasteiger partial charge in [-0.15, -0.1) is 10.2 Å². The summed E-state index contributed by atoms with van der Waals surface area (Å²) in [6.07, 6.45) is 0. The zero-order valence-electron chi connectivity index (χ0n) is 13.2. The van der Waals surface area contributed by atoms with E-state index in [2.05, 4.69) is 20.3 Å². The number of aromatic nitrogens is 2. The van der Waals surface area contributed by atoms with Crippen molar-refractivity contribution in [2.24, 2.45) is 0 Å². The smallest absolute Gasteiger partial charge is 0.337 e. The summed E-state index contributed by atoms with van der Waals surface area (Å²) in [7, 11) is 1.36. The predicted molar refractivity (Wildman–Crippen MR) is 96.9 cm³/mol. The van der Waals surface area contributed by atoms with E-state index in [9.17, 15) is 9.18 Å². The Morgan fingerprint density at radius 2 is 1.96 bits per heavy atom. The number of nitrogens with one attached hydrogen (secondary N) is 1. The Balaban J connectivity index is 1.58. The Kier molecular flexibility index (Phi) is 5.62. The van der Waals surface area contributed by atoms with E-state index in [-0.39, 0.29) is 11.8 Å². The summed E-state index contributed by atoms with van der Waals surface area (Å²) in [5, 5.41) is 11.6. The summed E-state index contributed by atoms with van der Waals surface area (Å²) in [5.41, 5.74) is 1.94. The molecule has 0 radical (unpaired) electrons. The van der Waals surface area contributed by atoms with E-state index in [1.54, 1.807) is 30.3 Å². The number of ether oxygens (including phenoxy) is 1. The molecule has 0 saturated heterocycles. The molecule has 0 atom stereocenters. The van der Waals surface area contributed by atoms with Crippen molar-refractivity contribution in [2.75, 3.05) is 12.4 Å². The van der Waals surface area contributed by atoms with Crippen LogP contribution in [0, 0.1) is 5.82 Å². The average molecular weight is 375 g/mol. The van der Waals surface area contributed by atoms with Crippen LogP contribution in [-0.4, -0.2) is 23.3 Å². The minimum Gasteiger partial charge on any atom is -0.465 e. The first-order chi connectivity index (χ1) is 12.2. The van der Waals surface area contributed by atoms with Gasteiger partial charge < -0.3 is 10.1 Å². The highest BCUT2D eigenvalue weighted by molar-refractivity contribution is 8.00. The third-order valence-electron chi connectivity index (χ3n) is 3.26. The van der Waals surface area contributed by atoms with Gasteiger partial charge in [0.1, 0.15) is 5.82 Å². The molecule has 0 bridgehead atoms. The first-order valence-electron chi connectivity index (χ1n) is 7.31. The summed E-state index contributed by atoms with van der Waals surface area (Å²) in [4.78, 5) is 11.4. The minimum absolute atomic E-state index is 0.336. The van der Waals surface area contributed by atoms with Crippen molar-refractivity contribution in [1.29, 1.82) is 0 Å². The van der Waals surface area contributed by atoms with Gasteiger partial charge in [0.25, 0.3) is 0 Å². The Labute approximate surface area is 152 Å². The van der Waals surface area contributed by atoms with Crippen LogP contribution in [0.5, 0.6) is 0 Å². The molecule has 0 fully saturated rings. The highest BCUT2D eigenvalue weighted by atomic mass is 32.2. The van der Waals surface area contributed by atoms with Crippen molar-refractivity contribution >= 4 is 39.9 Å². The zero-order valence-corrected chi connectivity index (χ0v) is 14.9. The molecule has 0 aliphatic rings. The van der Waals surface area contributed by atoms with Crippen LogP contribution in [0.3, 0.4) is 0 Å². The Hall–Kier alpha value is -2.45. The lowest BCUT2D eigenvalue weighted by Gasteiger charge is -2.02. The van der Waals surface area contributed by atoms with Crippen molar-refractivity contribution in [2.45, 2.75) is 10.1 Å². The monoisotopic (exact) mass is 375 g/mol. The molecule has 8 heteroatoms. The first-order valence-corrected chi connectivity index (χ1v) is 9.11. The van der Waals surface area contributed by atoms with E-state index in [0.717, 1.165) is 9.90 Å². The number of nitrogens with zero attached hydrogens (tertiary/aromatic N) is 2. The van der Waals surface area contributed by atoms with Crippen LogP contribution in [0.2, 0.25) is 0 Å². The number of hydrogen-bond acceptors (Lipinski definition) is 7. The summed E-state index contributed by atoms with van der Waals surface area (Å²) < 4.78 is 19.1. The third kappa shape index (κ3) is 4.55. The highest BCUT2D eigenvalue weighted by Crippen LogP contribution is 2.30. The second-order valence-corrected chi connectivity index (χ2v) is 7.16. The molecule has 3 aromatic rings. The molecule has 0 aliphatic heterocycles. The van der Waals surface area contributed by atoms with E-state index < -0.39 is 0 Å². The van der Waals surface area contributed by atoms with Crippen molar-refractivity contribution in [3.8, 4) is 0 Å². The largest absolute Gasteiger partial charge is 0.465 e. The number of methoxy groups -OCH3 is 1. The third-order valence-corrected chi connectivity index (χ3v) is 5.30. The van der Waals surface area contributed by atoms with Crippen LogP contribution < -0.4 is 5.32 Å². The fourth-order valence-corrected chi connectivity index (χ4v) is 3.72. The van der Waals surface area contributed by atoms with E-state index in [4.69, 9.17) is 0 Å². The van der Waals surface area contributed by atoms with Gasteiger partial charge in [0.15, 0.2) is 4.34 Å². The van der Waals surface area contributed by atoms with E-state index in [1.807, 2.05) is 12.1 Å². The van der Waals surface area contributed by atoms with Gasteiger partial charge in [-0.3, -0.25) is 0 Å². The zero-order chi connectivity index (χ0) is 17.6. The SMILES string of the molecule is COC(=O)c1ccc(CSc2nnc(Nc3ccccc3F)s2)cc1. The van der Waals surface area contributed by atoms with Gasteiger partial charge in [-0.1, -0.05) is 47.4 Å². The standard InChI is InChI=1S/C17H14FN3O2S2/c1-23-15(22)12-8-6-11(7-9-12)10-24-17-21-20-16(25-17)19-14-5-3-2-4-13(14)18/h2-9H,10H2,1H3,(H,19,20).